The number of hydrogen-bond acceptors (Lipinski definition) is 7. The Labute approximate surface area is 210 Å². The summed E-state index contributed by atoms with van der Waals surface area (Å²) in [5.74, 6) is 3.24. The summed E-state index contributed by atoms with van der Waals surface area (Å²) in [5, 5.41) is 10.4. The number of likely N-dealkylation sites (N-methyl/N-ethyl adjacent to an activating group) is 1. The molecule has 0 aliphatic rings. The topological polar surface area (TPSA) is 73.2 Å². The zero-order chi connectivity index (χ0) is 26.0. The largest absolute Gasteiger partial charge is 0.493 e. The van der Waals surface area contributed by atoms with E-state index in [1.54, 1.807) is 35.5 Å². The summed E-state index contributed by atoms with van der Waals surface area (Å²) >= 11 is 0. The Bertz CT molecular complexity index is 976. The third-order valence-corrected chi connectivity index (χ3v) is 6.71. The molecular formula is C28H40N2O5. The average Bonchev–Trinajstić information content (AvgIpc) is 2.88. The van der Waals surface area contributed by atoms with E-state index in [9.17, 15) is 5.26 Å². The Hall–Kier alpha value is -3.11. The molecule has 0 amide bonds. The summed E-state index contributed by atoms with van der Waals surface area (Å²) in [7, 11) is 10.2. The molecule has 7 nitrogen and oxygen atoms in total. The zero-order valence-corrected chi connectivity index (χ0v) is 22.4. The van der Waals surface area contributed by atoms with E-state index < -0.39 is 5.41 Å². The smallest absolute Gasteiger partial charge is 0.203 e. The Morgan fingerprint density at radius 1 is 0.829 bits per heavy atom. The van der Waals surface area contributed by atoms with Gasteiger partial charge in [0.25, 0.3) is 0 Å². The highest BCUT2D eigenvalue weighted by molar-refractivity contribution is 5.56. The molecule has 1 atom stereocenters. The summed E-state index contributed by atoms with van der Waals surface area (Å²) in [5.41, 5.74) is 1.41. The van der Waals surface area contributed by atoms with Crippen LogP contribution in [0.3, 0.4) is 0 Å². The molecule has 0 N–H and O–H groups in total. The molecule has 0 fully saturated rings. The third-order valence-electron chi connectivity index (χ3n) is 6.71. The highest BCUT2D eigenvalue weighted by Crippen LogP contribution is 2.45. The third kappa shape index (κ3) is 6.52. The molecule has 2 aromatic carbocycles. The minimum Gasteiger partial charge on any atom is -0.493 e. The van der Waals surface area contributed by atoms with E-state index in [0.717, 1.165) is 49.4 Å². The van der Waals surface area contributed by atoms with Crippen LogP contribution in [0, 0.1) is 17.2 Å². The lowest BCUT2D eigenvalue weighted by Gasteiger charge is -2.33. The van der Waals surface area contributed by atoms with Gasteiger partial charge in [-0.05, 0) is 74.2 Å². The van der Waals surface area contributed by atoms with Gasteiger partial charge in [-0.3, -0.25) is 0 Å². The van der Waals surface area contributed by atoms with Crippen LogP contribution in [0.25, 0.3) is 0 Å². The van der Waals surface area contributed by atoms with Gasteiger partial charge >= 0.3 is 0 Å². The highest BCUT2D eigenvalue weighted by Gasteiger charge is 2.37. The summed E-state index contributed by atoms with van der Waals surface area (Å²) in [6.07, 6.45) is 2.50. The lowest BCUT2D eigenvalue weighted by atomic mass is 9.69. The number of rotatable bonds is 14. The van der Waals surface area contributed by atoms with E-state index in [1.807, 2.05) is 24.3 Å². The Morgan fingerprint density at radius 2 is 1.43 bits per heavy atom. The predicted octanol–water partition coefficient (Wildman–Crippen LogP) is 5.10. The van der Waals surface area contributed by atoms with Crippen LogP contribution in [0.5, 0.6) is 28.7 Å². The number of methoxy groups -OCH3 is 5. The van der Waals surface area contributed by atoms with E-state index in [4.69, 9.17) is 23.7 Å². The van der Waals surface area contributed by atoms with Gasteiger partial charge < -0.3 is 28.6 Å². The number of ether oxygens (including phenoxy) is 5. The first-order valence-electron chi connectivity index (χ1n) is 11.9. The zero-order valence-electron chi connectivity index (χ0n) is 22.4. The minimum absolute atomic E-state index is 0.104. The lowest BCUT2D eigenvalue weighted by Crippen LogP contribution is -2.32. The monoisotopic (exact) mass is 484 g/mol. The van der Waals surface area contributed by atoms with Crippen molar-refractivity contribution < 1.29 is 23.7 Å². The van der Waals surface area contributed by atoms with Crippen molar-refractivity contribution in [1.29, 1.82) is 5.26 Å². The van der Waals surface area contributed by atoms with Gasteiger partial charge in [-0.25, -0.2) is 0 Å². The quantitative estimate of drug-likeness (QED) is 0.369. The predicted molar refractivity (Wildman–Crippen MR) is 138 cm³/mol. The standard InChI is InChI=1S/C28H40N2O5/c1-20(2)28(19-29,22-17-25(33-6)27(35-8)26(18-22)34-7)13-9-14-30(3)15-12-21-10-11-23(31-4)24(16-21)32-5/h10-11,16-18,20H,9,12-15H2,1-8H3/t28-/m1/s1. The van der Waals surface area contributed by atoms with E-state index in [2.05, 4.69) is 37.9 Å². The van der Waals surface area contributed by atoms with E-state index >= 15 is 0 Å². The van der Waals surface area contributed by atoms with Gasteiger partial charge in [0.05, 0.1) is 47.0 Å². The molecule has 0 heterocycles. The van der Waals surface area contributed by atoms with Crippen molar-refractivity contribution in [2.45, 2.75) is 38.5 Å². The van der Waals surface area contributed by atoms with Crippen molar-refractivity contribution in [3.05, 3.63) is 41.5 Å². The van der Waals surface area contributed by atoms with Gasteiger partial charge in [0.2, 0.25) is 5.75 Å². The summed E-state index contributed by atoms with van der Waals surface area (Å²) < 4.78 is 27.3. The fourth-order valence-corrected chi connectivity index (χ4v) is 4.45. The first-order chi connectivity index (χ1) is 16.8. The molecule has 2 rings (SSSR count). The van der Waals surface area contributed by atoms with Crippen LogP contribution in [0.4, 0.5) is 0 Å². The van der Waals surface area contributed by atoms with Crippen LogP contribution < -0.4 is 23.7 Å². The van der Waals surface area contributed by atoms with Gasteiger partial charge in [-0.2, -0.15) is 5.26 Å². The van der Waals surface area contributed by atoms with Crippen molar-refractivity contribution in [1.82, 2.24) is 4.90 Å². The van der Waals surface area contributed by atoms with Crippen molar-refractivity contribution in [2.75, 3.05) is 55.7 Å². The van der Waals surface area contributed by atoms with E-state index in [0.29, 0.717) is 17.2 Å². The molecule has 2 aromatic rings. The van der Waals surface area contributed by atoms with Crippen molar-refractivity contribution in [3.63, 3.8) is 0 Å². The second kappa shape index (κ2) is 13.1. The van der Waals surface area contributed by atoms with Crippen LogP contribution in [0.15, 0.2) is 30.3 Å². The van der Waals surface area contributed by atoms with Crippen LogP contribution >= 0.6 is 0 Å². The Balaban J connectivity index is 2.11. The first-order valence-corrected chi connectivity index (χ1v) is 11.9. The van der Waals surface area contributed by atoms with Gasteiger partial charge in [0.15, 0.2) is 23.0 Å². The van der Waals surface area contributed by atoms with Crippen molar-refractivity contribution >= 4 is 0 Å². The SMILES string of the molecule is COc1ccc(CCN(C)CCC[C@](C#N)(c2cc(OC)c(OC)c(OC)c2)C(C)C)cc1OC. The van der Waals surface area contributed by atoms with Gasteiger partial charge in [0, 0.05) is 6.54 Å². The maximum absolute atomic E-state index is 10.4. The average molecular weight is 485 g/mol. The molecule has 0 aliphatic carbocycles. The molecule has 0 saturated carbocycles. The number of benzene rings is 2. The molecule has 0 saturated heterocycles. The summed E-state index contributed by atoms with van der Waals surface area (Å²) in [6.45, 7) is 5.97. The minimum atomic E-state index is -0.670. The fraction of sp³-hybridized carbons (Fsp3) is 0.536. The molecule has 0 bridgehead atoms. The molecule has 7 heteroatoms. The van der Waals surface area contributed by atoms with E-state index in [-0.39, 0.29) is 5.92 Å². The molecule has 0 aliphatic heterocycles. The second-order valence-electron chi connectivity index (χ2n) is 9.00. The molecule has 35 heavy (non-hydrogen) atoms. The summed E-state index contributed by atoms with van der Waals surface area (Å²) in [6, 6.07) is 12.5. The number of hydrogen-bond donors (Lipinski definition) is 0. The van der Waals surface area contributed by atoms with Gasteiger partial charge in [-0.1, -0.05) is 19.9 Å². The van der Waals surface area contributed by atoms with Crippen LogP contribution in [-0.4, -0.2) is 60.6 Å². The molecule has 192 valence electrons. The number of nitrogens with zero attached hydrogens (tertiary/aromatic N) is 2. The molecule has 0 radical (unpaired) electrons. The van der Waals surface area contributed by atoms with Gasteiger partial charge in [-0.15, -0.1) is 0 Å². The second-order valence-corrected chi connectivity index (χ2v) is 9.00. The molecular weight excluding hydrogens is 444 g/mol. The highest BCUT2D eigenvalue weighted by atomic mass is 16.5. The molecule has 0 spiro atoms. The fourth-order valence-electron chi connectivity index (χ4n) is 4.45. The Morgan fingerprint density at radius 3 is 1.91 bits per heavy atom. The normalized spacial score (nSPS) is 12.7. The molecule has 0 aromatic heterocycles. The van der Waals surface area contributed by atoms with Crippen LogP contribution in [-0.2, 0) is 11.8 Å². The first kappa shape index (κ1) is 28.1. The van der Waals surface area contributed by atoms with Gasteiger partial charge in [0.1, 0.15) is 0 Å². The summed E-state index contributed by atoms with van der Waals surface area (Å²) in [4.78, 5) is 2.30. The maximum atomic E-state index is 10.4. The number of nitriles is 1. The van der Waals surface area contributed by atoms with Crippen molar-refractivity contribution in [2.24, 2.45) is 5.92 Å². The lowest BCUT2D eigenvalue weighted by molar-refractivity contribution is 0.290. The Kier molecular flexibility index (Phi) is 10.5. The van der Waals surface area contributed by atoms with Crippen LogP contribution in [0.1, 0.15) is 37.8 Å². The molecule has 0 unspecified atom stereocenters. The van der Waals surface area contributed by atoms with E-state index in [1.165, 1.54) is 5.56 Å². The van der Waals surface area contributed by atoms with Crippen molar-refractivity contribution in [3.8, 4) is 34.8 Å². The van der Waals surface area contributed by atoms with Crippen LogP contribution in [0.2, 0.25) is 0 Å². The maximum Gasteiger partial charge on any atom is 0.203 e.